The van der Waals surface area contributed by atoms with Gasteiger partial charge >= 0.3 is 0 Å². The number of hydrogen-bond acceptors (Lipinski definition) is 4. The van der Waals surface area contributed by atoms with Gasteiger partial charge in [-0.1, -0.05) is 0 Å². The van der Waals surface area contributed by atoms with Gasteiger partial charge in [-0.3, -0.25) is 4.98 Å². The van der Waals surface area contributed by atoms with E-state index in [9.17, 15) is 0 Å². The highest BCUT2D eigenvalue weighted by atomic mass is 35.5. The van der Waals surface area contributed by atoms with Crippen LogP contribution >= 0.6 is 11.6 Å². The number of hydrogen-bond donors (Lipinski definition) is 0. The van der Waals surface area contributed by atoms with Crippen molar-refractivity contribution in [2.45, 2.75) is 38.8 Å². The van der Waals surface area contributed by atoms with Gasteiger partial charge in [0.1, 0.15) is 0 Å². The van der Waals surface area contributed by atoms with Gasteiger partial charge in [-0.05, 0) is 26.7 Å². The van der Waals surface area contributed by atoms with Crippen molar-refractivity contribution in [3.63, 3.8) is 0 Å². The molecule has 0 saturated carbocycles. The fraction of sp³-hybridized carbons (Fsp3) is 0.667. The van der Waals surface area contributed by atoms with Crippen LogP contribution in [-0.4, -0.2) is 34.5 Å². The Hall–Kier alpha value is -1.03. The van der Waals surface area contributed by atoms with Crippen molar-refractivity contribution in [1.29, 1.82) is 0 Å². The minimum Gasteiger partial charge on any atom is -0.474 e. The molecule has 2 heterocycles. The molecular weight excluding hydrogens is 238 g/mol. The second-order valence-corrected chi connectivity index (χ2v) is 4.83. The summed E-state index contributed by atoms with van der Waals surface area (Å²) in [5, 5.41) is 0. The van der Waals surface area contributed by atoms with Crippen molar-refractivity contribution in [1.82, 2.24) is 9.97 Å². The van der Waals surface area contributed by atoms with E-state index in [1.54, 1.807) is 12.4 Å². The van der Waals surface area contributed by atoms with Crippen LogP contribution in [0, 0.1) is 0 Å². The molecule has 17 heavy (non-hydrogen) atoms. The van der Waals surface area contributed by atoms with Crippen LogP contribution in [0.5, 0.6) is 5.88 Å². The summed E-state index contributed by atoms with van der Waals surface area (Å²) in [6.07, 6.45) is 5.82. The highest BCUT2D eigenvalue weighted by molar-refractivity contribution is 6.18. The van der Waals surface area contributed by atoms with Gasteiger partial charge < -0.3 is 9.64 Å². The van der Waals surface area contributed by atoms with E-state index >= 15 is 0 Å². The van der Waals surface area contributed by atoms with Crippen LogP contribution in [0.4, 0.5) is 5.82 Å². The summed E-state index contributed by atoms with van der Waals surface area (Å²) >= 11 is 5.96. The Kier molecular flexibility index (Phi) is 4.05. The van der Waals surface area contributed by atoms with Crippen LogP contribution in [0.2, 0.25) is 0 Å². The maximum Gasteiger partial charge on any atom is 0.234 e. The van der Waals surface area contributed by atoms with Gasteiger partial charge in [0.2, 0.25) is 5.88 Å². The number of rotatable bonds is 4. The zero-order valence-corrected chi connectivity index (χ0v) is 11.0. The number of ether oxygens (including phenoxy) is 1. The molecule has 1 saturated heterocycles. The summed E-state index contributed by atoms with van der Waals surface area (Å²) in [6, 6.07) is 0.375. The van der Waals surface area contributed by atoms with Crippen molar-refractivity contribution < 1.29 is 4.74 Å². The fourth-order valence-electron chi connectivity index (χ4n) is 2.07. The van der Waals surface area contributed by atoms with Crippen molar-refractivity contribution in [3.8, 4) is 5.88 Å². The smallest absolute Gasteiger partial charge is 0.234 e. The maximum absolute atomic E-state index is 5.96. The Labute approximate surface area is 107 Å². The van der Waals surface area contributed by atoms with Crippen LogP contribution in [0.25, 0.3) is 0 Å². The molecule has 5 heteroatoms. The predicted octanol–water partition coefficient (Wildman–Crippen LogP) is 2.47. The van der Waals surface area contributed by atoms with Crippen molar-refractivity contribution in [2.24, 2.45) is 0 Å². The van der Waals surface area contributed by atoms with Crippen LogP contribution in [0.15, 0.2) is 12.4 Å². The minimum absolute atomic E-state index is 0.113. The summed E-state index contributed by atoms with van der Waals surface area (Å²) < 4.78 is 5.55. The average molecular weight is 256 g/mol. The van der Waals surface area contributed by atoms with Crippen LogP contribution < -0.4 is 9.64 Å². The quantitative estimate of drug-likeness (QED) is 0.775. The van der Waals surface area contributed by atoms with E-state index < -0.39 is 0 Å². The lowest BCUT2D eigenvalue weighted by atomic mass is 10.2. The molecular formula is C12H18ClN3O. The number of halogens is 1. The maximum atomic E-state index is 5.96. The van der Waals surface area contributed by atoms with Gasteiger partial charge in [-0.15, -0.1) is 11.6 Å². The topological polar surface area (TPSA) is 38.2 Å². The summed E-state index contributed by atoms with van der Waals surface area (Å²) in [4.78, 5) is 10.9. The van der Waals surface area contributed by atoms with Crippen molar-refractivity contribution in [3.05, 3.63) is 12.4 Å². The molecule has 0 aromatic carbocycles. The third-order valence-electron chi connectivity index (χ3n) is 2.81. The van der Waals surface area contributed by atoms with Gasteiger partial charge in [0.15, 0.2) is 5.82 Å². The highest BCUT2D eigenvalue weighted by Crippen LogP contribution is 2.25. The van der Waals surface area contributed by atoms with E-state index in [4.69, 9.17) is 16.3 Å². The molecule has 0 spiro atoms. The lowest BCUT2D eigenvalue weighted by Crippen LogP contribution is -2.31. The molecule has 1 aliphatic heterocycles. The molecule has 1 aliphatic rings. The Morgan fingerprint density at radius 1 is 1.53 bits per heavy atom. The summed E-state index contributed by atoms with van der Waals surface area (Å²) in [6.45, 7) is 4.95. The molecule has 4 nitrogen and oxygen atoms in total. The number of anilines is 1. The molecule has 0 amide bonds. The SMILES string of the molecule is CC(C)Oc1cncc(N2CCCC2CCl)n1. The van der Waals surface area contributed by atoms with E-state index in [1.807, 2.05) is 13.8 Å². The number of aromatic nitrogens is 2. The monoisotopic (exact) mass is 255 g/mol. The second-order valence-electron chi connectivity index (χ2n) is 4.53. The third kappa shape index (κ3) is 3.00. The Balaban J connectivity index is 2.15. The number of nitrogens with zero attached hydrogens (tertiary/aromatic N) is 3. The van der Waals surface area contributed by atoms with E-state index in [1.165, 1.54) is 0 Å². The molecule has 0 N–H and O–H groups in total. The summed E-state index contributed by atoms with van der Waals surface area (Å²) in [5.41, 5.74) is 0. The average Bonchev–Trinajstić information content (AvgIpc) is 2.76. The minimum atomic E-state index is 0.113. The van der Waals surface area contributed by atoms with E-state index in [0.29, 0.717) is 17.8 Å². The van der Waals surface area contributed by atoms with Crippen molar-refractivity contribution >= 4 is 17.4 Å². The van der Waals surface area contributed by atoms with Crippen molar-refractivity contribution in [2.75, 3.05) is 17.3 Å². The van der Waals surface area contributed by atoms with Gasteiger partial charge in [0.05, 0.1) is 18.5 Å². The first-order valence-corrected chi connectivity index (χ1v) is 6.55. The van der Waals surface area contributed by atoms with Crippen LogP contribution in [0.1, 0.15) is 26.7 Å². The number of alkyl halides is 1. The summed E-state index contributed by atoms with van der Waals surface area (Å²) in [5.74, 6) is 2.08. The van der Waals surface area contributed by atoms with E-state index in [-0.39, 0.29) is 6.10 Å². The zero-order valence-electron chi connectivity index (χ0n) is 10.3. The largest absolute Gasteiger partial charge is 0.474 e. The first-order valence-electron chi connectivity index (χ1n) is 6.02. The van der Waals surface area contributed by atoms with Crippen LogP contribution in [0.3, 0.4) is 0 Å². The van der Waals surface area contributed by atoms with Crippen LogP contribution in [-0.2, 0) is 0 Å². The molecule has 1 aromatic heterocycles. The molecule has 0 bridgehead atoms. The molecule has 1 unspecified atom stereocenters. The lowest BCUT2D eigenvalue weighted by Gasteiger charge is -2.23. The zero-order chi connectivity index (χ0) is 12.3. The predicted molar refractivity (Wildman–Crippen MR) is 68.9 cm³/mol. The Morgan fingerprint density at radius 2 is 2.35 bits per heavy atom. The molecule has 1 fully saturated rings. The fourth-order valence-corrected chi connectivity index (χ4v) is 2.39. The van der Waals surface area contributed by atoms with E-state index in [0.717, 1.165) is 25.2 Å². The van der Waals surface area contributed by atoms with Gasteiger partial charge in [-0.2, -0.15) is 4.98 Å². The lowest BCUT2D eigenvalue weighted by molar-refractivity contribution is 0.231. The highest BCUT2D eigenvalue weighted by Gasteiger charge is 2.25. The second kappa shape index (κ2) is 5.54. The molecule has 94 valence electrons. The molecule has 0 aliphatic carbocycles. The Morgan fingerprint density at radius 3 is 3.06 bits per heavy atom. The van der Waals surface area contributed by atoms with Gasteiger partial charge in [0, 0.05) is 18.5 Å². The first kappa shape index (κ1) is 12.4. The first-order chi connectivity index (χ1) is 8.20. The Bertz CT molecular complexity index is 373. The third-order valence-corrected chi connectivity index (χ3v) is 3.16. The van der Waals surface area contributed by atoms with Gasteiger partial charge in [0.25, 0.3) is 0 Å². The standard InChI is InChI=1S/C12H18ClN3O/c1-9(2)17-12-8-14-7-11(15-12)16-5-3-4-10(16)6-13/h7-10H,3-6H2,1-2H3. The normalized spacial score (nSPS) is 20.0. The van der Waals surface area contributed by atoms with E-state index in [2.05, 4.69) is 14.9 Å². The molecule has 1 aromatic rings. The molecule has 2 rings (SSSR count). The molecule has 1 atom stereocenters. The molecule has 0 radical (unpaired) electrons. The van der Waals surface area contributed by atoms with Gasteiger partial charge in [-0.25, -0.2) is 0 Å². The summed E-state index contributed by atoms with van der Waals surface area (Å²) in [7, 11) is 0.